The SMILES string of the molecule is CCCC(C)(NC(=O)N(C)CC(=O)N(CC)CC)C(=O)O. The van der Waals surface area contributed by atoms with E-state index in [1.54, 1.807) is 4.90 Å². The molecule has 7 heteroatoms. The number of carbonyl (C=O) groups excluding carboxylic acids is 2. The van der Waals surface area contributed by atoms with E-state index in [0.717, 1.165) is 0 Å². The number of rotatable bonds is 8. The zero-order valence-electron chi connectivity index (χ0n) is 13.6. The molecule has 0 aliphatic carbocycles. The predicted octanol–water partition coefficient (Wildman–Crippen LogP) is 1.14. The van der Waals surface area contributed by atoms with Gasteiger partial charge in [0.25, 0.3) is 0 Å². The van der Waals surface area contributed by atoms with Crippen molar-refractivity contribution in [2.45, 2.75) is 46.1 Å². The van der Waals surface area contributed by atoms with Crippen molar-refractivity contribution >= 4 is 17.9 Å². The third-order valence-corrected chi connectivity index (χ3v) is 3.44. The Labute approximate surface area is 126 Å². The first-order chi connectivity index (χ1) is 9.71. The number of hydrogen-bond donors (Lipinski definition) is 2. The van der Waals surface area contributed by atoms with Crippen LogP contribution in [0.1, 0.15) is 40.5 Å². The van der Waals surface area contributed by atoms with Gasteiger partial charge in [-0.15, -0.1) is 0 Å². The van der Waals surface area contributed by atoms with E-state index in [0.29, 0.717) is 25.9 Å². The van der Waals surface area contributed by atoms with Crippen molar-refractivity contribution in [3.8, 4) is 0 Å². The lowest BCUT2D eigenvalue weighted by Gasteiger charge is -2.29. The number of carbonyl (C=O) groups is 3. The van der Waals surface area contributed by atoms with Crippen LogP contribution in [0.15, 0.2) is 0 Å². The Hall–Kier alpha value is -1.79. The molecule has 0 aromatic heterocycles. The van der Waals surface area contributed by atoms with Crippen molar-refractivity contribution in [3.63, 3.8) is 0 Å². The van der Waals surface area contributed by atoms with Crippen molar-refractivity contribution in [2.24, 2.45) is 0 Å². The second-order valence-corrected chi connectivity index (χ2v) is 5.24. The second-order valence-electron chi connectivity index (χ2n) is 5.24. The normalized spacial score (nSPS) is 13.2. The molecule has 7 nitrogen and oxygen atoms in total. The second kappa shape index (κ2) is 8.49. The van der Waals surface area contributed by atoms with Crippen LogP contribution in [0.3, 0.4) is 0 Å². The molecule has 0 aliphatic rings. The maximum atomic E-state index is 12.1. The lowest BCUT2D eigenvalue weighted by atomic mass is 9.96. The van der Waals surface area contributed by atoms with Gasteiger partial charge in [-0.3, -0.25) is 4.79 Å². The zero-order valence-corrected chi connectivity index (χ0v) is 13.6. The number of carboxylic acids is 1. The van der Waals surface area contributed by atoms with Crippen LogP contribution in [0.5, 0.6) is 0 Å². The van der Waals surface area contributed by atoms with Gasteiger partial charge in [-0.25, -0.2) is 9.59 Å². The monoisotopic (exact) mass is 301 g/mol. The summed E-state index contributed by atoms with van der Waals surface area (Å²) in [5.74, 6) is -1.24. The van der Waals surface area contributed by atoms with Gasteiger partial charge in [-0.2, -0.15) is 0 Å². The average Bonchev–Trinajstić information content (AvgIpc) is 2.39. The Bertz CT molecular complexity index is 382. The molecule has 0 bridgehead atoms. The number of urea groups is 1. The summed E-state index contributed by atoms with van der Waals surface area (Å²) in [5, 5.41) is 11.7. The first kappa shape index (κ1) is 19.2. The van der Waals surface area contributed by atoms with E-state index < -0.39 is 17.5 Å². The molecule has 2 N–H and O–H groups in total. The number of likely N-dealkylation sites (N-methyl/N-ethyl adjacent to an activating group) is 2. The maximum absolute atomic E-state index is 12.1. The number of hydrogen-bond acceptors (Lipinski definition) is 3. The van der Waals surface area contributed by atoms with Crippen LogP contribution >= 0.6 is 0 Å². The molecule has 0 radical (unpaired) electrons. The number of nitrogens with zero attached hydrogens (tertiary/aromatic N) is 2. The third-order valence-electron chi connectivity index (χ3n) is 3.44. The van der Waals surface area contributed by atoms with Crippen molar-refractivity contribution in [2.75, 3.05) is 26.7 Å². The summed E-state index contributed by atoms with van der Waals surface area (Å²) in [6.07, 6.45) is 0.955. The molecule has 0 aromatic carbocycles. The van der Waals surface area contributed by atoms with Crippen molar-refractivity contribution in [1.82, 2.24) is 15.1 Å². The molecule has 0 spiro atoms. The van der Waals surface area contributed by atoms with Gasteiger partial charge in [0.05, 0.1) is 0 Å². The summed E-state index contributed by atoms with van der Waals surface area (Å²) in [7, 11) is 1.48. The number of nitrogens with one attached hydrogen (secondary N) is 1. The van der Waals surface area contributed by atoms with Gasteiger partial charge >= 0.3 is 12.0 Å². The highest BCUT2D eigenvalue weighted by atomic mass is 16.4. The first-order valence-corrected chi connectivity index (χ1v) is 7.26. The fourth-order valence-corrected chi connectivity index (χ4v) is 2.01. The predicted molar refractivity (Wildman–Crippen MR) is 80.0 cm³/mol. The van der Waals surface area contributed by atoms with Crippen LogP contribution < -0.4 is 5.32 Å². The molecule has 0 saturated heterocycles. The third kappa shape index (κ3) is 5.61. The average molecular weight is 301 g/mol. The van der Waals surface area contributed by atoms with Crippen LogP contribution in [0, 0.1) is 0 Å². The molecule has 0 aromatic rings. The molecule has 0 saturated carbocycles. The van der Waals surface area contributed by atoms with Crippen LogP contribution in [-0.2, 0) is 9.59 Å². The van der Waals surface area contributed by atoms with Gasteiger partial charge in [-0.1, -0.05) is 13.3 Å². The number of amides is 3. The zero-order chi connectivity index (χ0) is 16.6. The minimum atomic E-state index is -1.32. The molecular weight excluding hydrogens is 274 g/mol. The Morgan fingerprint density at radius 1 is 1.14 bits per heavy atom. The van der Waals surface area contributed by atoms with E-state index in [2.05, 4.69) is 5.32 Å². The molecule has 1 atom stereocenters. The van der Waals surface area contributed by atoms with Gasteiger partial charge in [-0.05, 0) is 27.2 Å². The van der Waals surface area contributed by atoms with Gasteiger partial charge in [0.15, 0.2) is 0 Å². The molecule has 0 fully saturated rings. The van der Waals surface area contributed by atoms with Gasteiger partial charge < -0.3 is 20.2 Å². The molecular formula is C14H27N3O4. The summed E-state index contributed by atoms with van der Waals surface area (Å²) < 4.78 is 0. The summed E-state index contributed by atoms with van der Waals surface area (Å²) in [6.45, 7) is 8.13. The van der Waals surface area contributed by atoms with Crippen molar-refractivity contribution in [1.29, 1.82) is 0 Å². The summed E-state index contributed by atoms with van der Waals surface area (Å²) >= 11 is 0. The standard InChI is InChI=1S/C14H27N3O4/c1-6-9-14(4,12(19)20)15-13(21)16(5)10-11(18)17(7-2)8-3/h6-10H2,1-5H3,(H,15,21)(H,19,20). The maximum Gasteiger partial charge on any atom is 0.329 e. The Morgan fingerprint density at radius 3 is 2.05 bits per heavy atom. The molecule has 122 valence electrons. The van der Waals surface area contributed by atoms with Gasteiger partial charge in [0.2, 0.25) is 5.91 Å². The number of aliphatic carboxylic acids is 1. The molecule has 21 heavy (non-hydrogen) atoms. The number of carboxylic acid groups (broad SMARTS) is 1. The van der Waals surface area contributed by atoms with E-state index in [-0.39, 0.29) is 12.5 Å². The Balaban J connectivity index is 4.71. The van der Waals surface area contributed by atoms with Crippen LogP contribution in [0.2, 0.25) is 0 Å². The van der Waals surface area contributed by atoms with Crippen LogP contribution in [0.4, 0.5) is 4.79 Å². The smallest absolute Gasteiger partial charge is 0.329 e. The van der Waals surface area contributed by atoms with E-state index in [1.807, 2.05) is 20.8 Å². The summed E-state index contributed by atoms with van der Waals surface area (Å²) in [4.78, 5) is 38.1. The lowest BCUT2D eigenvalue weighted by molar-refractivity contribution is -0.144. The minimum absolute atomic E-state index is 0.0741. The highest BCUT2D eigenvalue weighted by Gasteiger charge is 2.35. The molecule has 1 unspecified atom stereocenters. The van der Waals surface area contributed by atoms with E-state index in [1.165, 1.54) is 18.9 Å². The summed E-state index contributed by atoms with van der Waals surface area (Å²) in [6, 6.07) is -0.561. The fourth-order valence-electron chi connectivity index (χ4n) is 2.01. The largest absolute Gasteiger partial charge is 0.480 e. The molecule has 0 heterocycles. The Kier molecular flexibility index (Phi) is 7.76. The van der Waals surface area contributed by atoms with Crippen molar-refractivity contribution in [3.05, 3.63) is 0 Å². The fraction of sp³-hybridized carbons (Fsp3) is 0.786. The van der Waals surface area contributed by atoms with Gasteiger partial charge in [0.1, 0.15) is 12.1 Å². The van der Waals surface area contributed by atoms with E-state index in [9.17, 15) is 19.5 Å². The minimum Gasteiger partial charge on any atom is -0.480 e. The summed E-state index contributed by atoms with van der Waals surface area (Å²) in [5.41, 5.74) is -1.32. The lowest BCUT2D eigenvalue weighted by Crippen LogP contribution is -2.56. The van der Waals surface area contributed by atoms with Crippen molar-refractivity contribution < 1.29 is 19.5 Å². The highest BCUT2D eigenvalue weighted by molar-refractivity contribution is 5.88. The molecule has 0 rings (SSSR count). The molecule has 0 aliphatic heterocycles. The first-order valence-electron chi connectivity index (χ1n) is 7.26. The highest BCUT2D eigenvalue weighted by Crippen LogP contribution is 2.13. The topological polar surface area (TPSA) is 90.0 Å². The van der Waals surface area contributed by atoms with Gasteiger partial charge in [0, 0.05) is 20.1 Å². The van der Waals surface area contributed by atoms with Crippen LogP contribution in [-0.4, -0.2) is 65.0 Å². The van der Waals surface area contributed by atoms with Crippen LogP contribution in [0.25, 0.3) is 0 Å². The quantitative estimate of drug-likeness (QED) is 0.703. The van der Waals surface area contributed by atoms with E-state index >= 15 is 0 Å². The Morgan fingerprint density at radius 2 is 1.67 bits per heavy atom. The molecule has 3 amide bonds. The van der Waals surface area contributed by atoms with E-state index in [4.69, 9.17) is 0 Å².